The van der Waals surface area contributed by atoms with Gasteiger partial charge in [0.15, 0.2) is 0 Å². The lowest BCUT2D eigenvalue weighted by atomic mass is 10.2. The summed E-state index contributed by atoms with van der Waals surface area (Å²) in [4.78, 5) is 0. The van der Waals surface area contributed by atoms with E-state index in [4.69, 9.17) is 4.18 Å². The van der Waals surface area contributed by atoms with Crippen LogP contribution in [0.5, 0.6) is 0 Å². The van der Waals surface area contributed by atoms with Crippen LogP contribution in [0.2, 0.25) is 0 Å². The zero-order chi connectivity index (χ0) is 8.54. The SMILES string of the molecule is COS(C)(O)CCC1(C)NN1. The van der Waals surface area contributed by atoms with Crippen molar-refractivity contribution < 1.29 is 8.74 Å². The summed E-state index contributed by atoms with van der Waals surface area (Å²) >= 11 is 0. The highest BCUT2D eigenvalue weighted by atomic mass is 32.3. The highest BCUT2D eigenvalue weighted by Crippen LogP contribution is 2.41. The Morgan fingerprint density at radius 1 is 1.55 bits per heavy atom. The summed E-state index contributed by atoms with van der Waals surface area (Å²) in [7, 11) is -0.246. The highest BCUT2D eigenvalue weighted by molar-refractivity contribution is 8.24. The van der Waals surface area contributed by atoms with Gasteiger partial charge in [0, 0.05) is 12.0 Å². The van der Waals surface area contributed by atoms with Gasteiger partial charge in [-0.25, -0.2) is 10.9 Å². The Morgan fingerprint density at radius 2 is 2.09 bits per heavy atom. The molecule has 0 aliphatic carbocycles. The van der Waals surface area contributed by atoms with Crippen molar-refractivity contribution in [3.63, 3.8) is 0 Å². The molecule has 0 bridgehead atoms. The van der Waals surface area contributed by atoms with Crippen LogP contribution in [0.3, 0.4) is 0 Å². The summed E-state index contributed by atoms with van der Waals surface area (Å²) in [5.41, 5.74) is 6.05. The minimum Gasteiger partial charge on any atom is -0.300 e. The van der Waals surface area contributed by atoms with Gasteiger partial charge in [0.05, 0.1) is 12.8 Å². The minimum atomic E-state index is -1.79. The lowest BCUT2D eigenvalue weighted by molar-refractivity contribution is 0.397. The molecule has 11 heavy (non-hydrogen) atoms. The van der Waals surface area contributed by atoms with Gasteiger partial charge in [-0.05, 0) is 13.3 Å². The molecule has 4 nitrogen and oxygen atoms in total. The quantitative estimate of drug-likeness (QED) is 0.556. The van der Waals surface area contributed by atoms with Gasteiger partial charge < -0.3 is 0 Å². The van der Waals surface area contributed by atoms with E-state index in [1.54, 1.807) is 13.4 Å². The average Bonchev–Trinajstić information content (AvgIpc) is 2.66. The van der Waals surface area contributed by atoms with Crippen LogP contribution in [0.1, 0.15) is 13.3 Å². The van der Waals surface area contributed by atoms with E-state index in [0.29, 0.717) is 5.75 Å². The molecule has 1 saturated heterocycles. The second kappa shape index (κ2) is 2.91. The fraction of sp³-hybridized carbons (Fsp3) is 1.00. The molecular weight excluding hydrogens is 164 g/mol. The maximum atomic E-state index is 9.52. The van der Waals surface area contributed by atoms with Crippen molar-refractivity contribution in [2.75, 3.05) is 19.1 Å². The maximum absolute atomic E-state index is 9.52. The molecule has 3 N–H and O–H groups in total. The Balaban J connectivity index is 2.20. The molecule has 0 amide bonds. The van der Waals surface area contributed by atoms with Crippen molar-refractivity contribution in [1.82, 2.24) is 10.9 Å². The minimum absolute atomic E-state index is 0.0372. The zero-order valence-corrected chi connectivity index (χ0v) is 7.99. The first-order valence-electron chi connectivity index (χ1n) is 3.56. The summed E-state index contributed by atoms with van der Waals surface area (Å²) in [6, 6.07) is 0. The van der Waals surface area contributed by atoms with Gasteiger partial charge in [0.1, 0.15) is 0 Å². The Hall–Kier alpha value is 0.190. The third kappa shape index (κ3) is 2.96. The molecule has 0 aromatic rings. The topological polar surface area (TPSA) is 73.3 Å². The van der Waals surface area contributed by atoms with Crippen molar-refractivity contribution in [1.29, 1.82) is 0 Å². The average molecular weight is 180 g/mol. The molecule has 1 aliphatic rings. The van der Waals surface area contributed by atoms with Crippen LogP contribution in [-0.2, 0) is 4.18 Å². The molecule has 1 rings (SSSR count). The summed E-state index contributed by atoms with van der Waals surface area (Å²) in [5.74, 6) is 0.708. The van der Waals surface area contributed by atoms with E-state index >= 15 is 0 Å². The zero-order valence-electron chi connectivity index (χ0n) is 7.18. The Bertz CT molecular complexity index is 148. The maximum Gasteiger partial charge on any atom is 0.0930 e. The third-order valence-corrected chi connectivity index (χ3v) is 3.57. The van der Waals surface area contributed by atoms with E-state index < -0.39 is 10.6 Å². The predicted molar refractivity (Wildman–Crippen MR) is 47.3 cm³/mol. The third-order valence-electron chi connectivity index (χ3n) is 1.89. The molecule has 1 heterocycles. The number of rotatable bonds is 4. The summed E-state index contributed by atoms with van der Waals surface area (Å²) in [5, 5.41) is 0. The predicted octanol–water partition coefficient (Wildman–Crippen LogP) is 0.669. The Morgan fingerprint density at radius 3 is 2.45 bits per heavy atom. The molecule has 0 radical (unpaired) electrons. The first-order chi connectivity index (χ1) is 4.97. The summed E-state index contributed by atoms with van der Waals surface area (Å²) < 4.78 is 14.5. The van der Waals surface area contributed by atoms with Gasteiger partial charge in [-0.1, -0.05) is 0 Å². The molecule has 0 saturated carbocycles. The molecule has 0 spiro atoms. The van der Waals surface area contributed by atoms with Gasteiger partial charge in [0.25, 0.3) is 0 Å². The monoisotopic (exact) mass is 180 g/mol. The smallest absolute Gasteiger partial charge is 0.0930 e. The molecule has 1 unspecified atom stereocenters. The lowest BCUT2D eigenvalue weighted by Gasteiger charge is -2.32. The fourth-order valence-electron chi connectivity index (χ4n) is 0.709. The van der Waals surface area contributed by atoms with E-state index in [1.807, 2.05) is 0 Å². The van der Waals surface area contributed by atoms with Crippen molar-refractivity contribution in [2.45, 2.75) is 19.0 Å². The van der Waals surface area contributed by atoms with E-state index in [1.165, 1.54) is 0 Å². The Kier molecular flexibility index (Phi) is 2.46. The number of hydrogen-bond acceptors (Lipinski definition) is 4. The van der Waals surface area contributed by atoms with Gasteiger partial charge in [-0.3, -0.25) is 8.74 Å². The molecule has 5 heteroatoms. The van der Waals surface area contributed by atoms with Crippen LogP contribution >= 0.6 is 10.6 Å². The van der Waals surface area contributed by atoms with Crippen LogP contribution in [0.25, 0.3) is 0 Å². The molecule has 1 fully saturated rings. The molecular formula is C6H16N2O2S. The van der Waals surface area contributed by atoms with Crippen LogP contribution in [0.4, 0.5) is 0 Å². The van der Waals surface area contributed by atoms with Gasteiger partial charge in [0.2, 0.25) is 0 Å². The molecule has 68 valence electrons. The van der Waals surface area contributed by atoms with Crippen LogP contribution in [-0.4, -0.2) is 29.3 Å². The number of hydrazine groups is 1. The van der Waals surface area contributed by atoms with Crippen molar-refractivity contribution >= 4 is 10.6 Å². The van der Waals surface area contributed by atoms with E-state index in [9.17, 15) is 4.55 Å². The van der Waals surface area contributed by atoms with Gasteiger partial charge >= 0.3 is 0 Å². The summed E-state index contributed by atoms with van der Waals surface area (Å²) in [6.07, 6.45) is 2.64. The van der Waals surface area contributed by atoms with Gasteiger partial charge in [-0.2, -0.15) is 10.6 Å². The second-order valence-corrected chi connectivity index (χ2v) is 5.82. The normalized spacial score (nSPS) is 29.1. The Labute approximate surface area is 69.0 Å². The first-order valence-corrected chi connectivity index (χ1v) is 5.65. The molecule has 1 aliphatic heterocycles. The van der Waals surface area contributed by atoms with Crippen LogP contribution in [0.15, 0.2) is 0 Å². The lowest BCUT2D eigenvalue weighted by Crippen LogP contribution is -2.17. The van der Waals surface area contributed by atoms with Gasteiger partial charge in [-0.15, -0.1) is 0 Å². The second-order valence-electron chi connectivity index (χ2n) is 3.16. The standard InChI is InChI=1S/C6H16N2O2S/c1-6(7-8-6)4-5-11(3,9)10-2/h7-9H,4-5H2,1-3H3. The largest absolute Gasteiger partial charge is 0.300 e. The molecule has 0 aromatic heterocycles. The van der Waals surface area contributed by atoms with Crippen LogP contribution < -0.4 is 10.9 Å². The van der Waals surface area contributed by atoms with Crippen molar-refractivity contribution in [3.05, 3.63) is 0 Å². The van der Waals surface area contributed by atoms with Crippen molar-refractivity contribution in [3.8, 4) is 0 Å². The van der Waals surface area contributed by atoms with Crippen molar-refractivity contribution in [2.24, 2.45) is 0 Å². The van der Waals surface area contributed by atoms with Crippen LogP contribution in [0, 0.1) is 0 Å². The number of hydrogen-bond donors (Lipinski definition) is 3. The molecule has 0 aromatic carbocycles. The van der Waals surface area contributed by atoms with E-state index in [2.05, 4.69) is 17.8 Å². The highest BCUT2D eigenvalue weighted by Gasteiger charge is 2.36. The summed E-state index contributed by atoms with van der Waals surface area (Å²) in [6.45, 7) is 2.05. The van der Waals surface area contributed by atoms with E-state index in [0.717, 1.165) is 6.42 Å². The number of nitrogens with one attached hydrogen (secondary N) is 2. The fourth-order valence-corrected chi connectivity index (χ4v) is 1.66. The molecule has 1 atom stereocenters. The first kappa shape index (κ1) is 9.28. The van der Waals surface area contributed by atoms with E-state index in [-0.39, 0.29) is 5.66 Å².